The molecule has 0 bridgehead atoms. The highest BCUT2D eigenvalue weighted by atomic mass is 32.1. The van der Waals surface area contributed by atoms with Gasteiger partial charge in [0.1, 0.15) is 0 Å². The smallest absolute Gasteiger partial charge is 0.252 e. The normalized spacial score (nSPS) is 14.6. The standard InChI is InChI=1S/C22H30N4O2S/c1-18-4-2-5-20(16-18)26-13-11-25(12-14-26)10-3-8-23-21(27)6-9-24-22(28)19-7-15-29-17-19/h2,4-5,7,15-17H,3,6,8-14H2,1H3,(H,23,27)(H,24,28). The van der Waals surface area contributed by atoms with E-state index in [0.717, 1.165) is 39.1 Å². The molecule has 29 heavy (non-hydrogen) atoms. The molecule has 0 aliphatic carbocycles. The molecule has 1 aliphatic heterocycles. The molecule has 2 amide bonds. The lowest BCUT2D eigenvalue weighted by atomic mass is 10.2. The van der Waals surface area contributed by atoms with Gasteiger partial charge in [0.2, 0.25) is 5.91 Å². The van der Waals surface area contributed by atoms with E-state index in [1.165, 1.54) is 22.6 Å². The number of thiophene rings is 1. The molecule has 6 nitrogen and oxygen atoms in total. The lowest BCUT2D eigenvalue weighted by Gasteiger charge is -2.36. The van der Waals surface area contributed by atoms with Crippen molar-refractivity contribution >= 4 is 28.8 Å². The average molecular weight is 415 g/mol. The van der Waals surface area contributed by atoms with E-state index < -0.39 is 0 Å². The maximum absolute atomic E-state index is 11.9. The molecule has 0 unspecified atom stereocenters. The molecule has 2 N–H and O–H groups in total. The summed E-state index contributed by atoms with van der Waals surface area (Å²) in [5.41, 5.74) is 3.26. The molecule has 1 aromatic carbocycles. The van der Waals surface area contributed by atoms with Gasteiger partial charge in [-0.25, -0.2) is 0 Å². The summed E-state index contributed by atoms with van der Waals surface area (Å²) in [6, 6.07) is 10.5. The van der Waals surface area contributed by atoms with Crippen molar-refractivity contribution in [3.8, 4) is 0 Å². The van der Waals surface area contributed by atoms with Gasteiger partial charge in [0.25, 0.3) is 5.91 Å². The predicted molar refractivity (Wildman–Crippen MR) is 119 cm³/mol. The Balaban J connectivity index is 1.23. The zero-order valence-electron chi connectivity index (χ0n) is 17.0. The van der Waals surface area contributed by atoms with Crippen LogP contribution in [-0.4, -0.2) is 62.5 Å². The predicted octanol–water partition coefficient (Wildman–Crippen LogP) is 2.50. The number of benzene rings is 1. The van der Waals surface area contributed by atoms with Gasteiger partial charge in [-0.05, 0) is 49.0 Å². The molecular formula is C22H30N4O2S. The van der Waals surface area contributed by atoms with Crippen molar-refractivity contribution in [1.82, 2.24) is 15.5 Å². The summed E-state index contributed by atoms with van der Waals surface area (Å²) in [5, 5.41) is 9.39. The fraction of sp³-hybridized carbons (Fsp3) is 0.455. The lowest BCUT2D eigenvalue weighted by molar-refractivity contribution is -0.120. The van der Waals surface area contributed by atoms with E-state index in [9.17, 15) is 9.59 Å². The monoisotopic (exact) mass is 414 g/mol. The highest BCUT2D eigenvalue weighted by Gasteiger charge is 2.16. The van der Waals surface area contributed by atoms with Crippen LogP contribution in [0.2, 0.25) is 0 Å². The molecule has 2 heterocycles. The Labute approximate surface area is 176 Å². The number of nitrogens with zero attached hydrogens (tertiary/aromatic N) is 2. The number of anilines is 1. The van der Waals surface area contributed by atoms with Gasteiger partial charge < -0.3 is 15.5 Å². The van der Waals surface area contributed by atoms with E-state index in [1.807, 2.05) is 5.38 Å². The molecule has 1 fully saturated rings. The van der Waals surface area contributed by atoms with Gasteiger partial charge in [-0.15, -0.1) is 0 Å². The first-order chi connectivity index (χ1) is 14.1. The third-order valence-corrected chi connectivity index (χ3v) is 5.82. The first-order valence-electron chi connectivity index (χ1n) is 10.2. The van der Waals surface area contributed by atoms with Gasteiger partial charge in [-0.2, -0.15) is 11.3 Å². The molecule has 0 spiro atoms. The minimum absolute atomic E-state index is 0.0140. The summed E-state index contributed by atoms with van der Waals surface area (Å²) >= 11 is 1.49. The highest BCUT2D eigenvalue weighted by molar-refractivity contribution is 7.08. The fourth-order valence-corrected chi connectivity index (χ4v) is 4.09. The second-order valence-corrected chi connectivity index (χ2v) is 8.17. The van der Waals surface area contributed by atoms with Crippen molar-refractivity contribution in [3.63, 3.8) is 0 Å². The van der Waals surface area contributed by atoms with Crippen LogP contribution < -0.4 is 15.5 Å². The van der Waals surface area contributed by atoms with Gasteiger partial charge in [0, 0.05) is 62.3 Å². The van der Waals surface area contributed by atoms with Crippen LogP contribution in [0.25, 0.3) is 0 Å². The fourth-order valence-electron chi connectivity index (χ4n) is 3.46. The number of carbonyl (C=O) groups is 2. The molecule has 0 radical (unpaired) electrons. The van der Waals surface area contributed by atoms with Crippen LogP contribution in [0.3, 0.4) is 0 Å². The Bertz CT molecular complexity index is 786. The molecule has 7 heteroatoms. The summed E-state index contributed by atoms with van der Waals surface area (Å²) in [6.45, 7) is 8.35. The van der Waals surface area contributed by atoms with Crippen LogP contribution in [0.15, 0.2) is 41.1 Å². The van der Waals surface area contributed by atoms with E-state index >= 15 is 0 Å². The molecule has 0 saturated carbocycles. The van der Waals surface area contributed by atoms with Crippen LogP contribution >= 0.6 is 11.3 Å². The summed E-state index contributed by atoms with van der Waals surface area (Å²) in [4.78, 5) is 28.6. The second kappa shape index (κ2) is 11.0. The topological polar surface area (TPSA) is 64.7 Å². The van der Waals surface area contributed by atoms with Crippen LogP contribution in [0, 0.1) is 6.92 Å². The maximum Gasteiger partial charge on any atom is 0.252 e. The number of carbonyl (C=O) groups excluding carboxylic acids is 2. The Morgan fingerprint density at radius 3 is 2.62 bits per heavy atom. The summed E-state index contributed by atoms with van der Waals surface area (Å²) in [6.07, 6.45) is 1.25. The molecule has 1 aliphatic rings. The number of hydrogen-bond donors (Lipinski definition) is 2. The van der Waals surface area contributed by atoms with E-state index in [-0.39, 0.29) is 11.8 Å². The quantitative estimate of drug-likeness (QED) is 0.619. The molecule has 156 valence electrons. The molecule has 1 saturated heterocycles. The largest absolute Gasteiger partial charge is 0.369 e. The first kappa shape index (κ1) is 21.3. The lowest BCUT2D eigenvalue weighted by Crippen LogP contribution is -2.47. The Hall–Kier alpha value is -2.38. The van der Waals surface area contributed by atoms with Crippen molar-refractivity contribution < 1.29 is 9.59 Å². The zero-order chi connectivity index (χ0) is 20.5. The Morgan fingerprint density at radius 1 is 1.07 bits per heavy atom. The number of amides is 2. The minimum Gasteiger partial charge on any atom is -0.369 e. The average Bonchev–Trinajstić information content (AvgIpc) is 3.27. The third kappa shape index (κ3) is 6.87. The third-order valence-electron chi connectivity index (χ3n) is 5.13. The Kier molecular flexibility index (Phi) is 8.07. The molecule has 2 aromatic rings. The SMILES string of the molecule is Cc1cccc(N2CCN(CCCNC(=O)CCNC(=O)c3ccsc3)CC2)c1. The van der Waals surface area contributed by atoms with Crippen molar-refractivity contribution in [3.05, 3.63) is 52.2 Å². The van der Waals surface area contributed by atoms with Crippen molar-refractivity contribution in [2.75, 3.05) is 50.7 Å². The maximum atomic E-state index is 11.9. The van der Waals surface area contributed by atoms with Gasteiger partial charge >= 0.3 is 0 Å². The van der Waals surface area contributed by atoms with Crippen LogP contribution in [-0.2, 0) is 4.79 Å². The van der Waals surface area contributed by atoms with E-state index in [0.29, 0.717) is 25.1 Å². The van der Waals surface area contributed by atoms with Crippen LogP contribution in [0.4, 0.5) is 5.69 Å². The van der Waals surface area contributed by atoms with Gasteiger partial charge in [0.15, 0.2) is 0 Å². The zero-order valence-corrected chi connectivity index (χ0v) is 17.8. The van der Waals surface area contributed by atoms with Crippen molar-refractivity contribution in [2.24, 2.45) is 0 Å². The van der Waals surface area contributed by atoms with Gasteiger partial charge in [0.05, 0.1) is 0 Å². The number of aryl methyl sites for hydroxylation is 1. The van der Waals surface area contributed by atoms with E-state index in [4.69, 9.17) is 0 Å². The molecular weight excluding hydrogens is 384 g/mol. The van der Waals surface area contributed by atoms with Crippen molar-refractivity contribution in [2.45, 2.75) is 19.8 Å². The minimum atomic E-state index is -0.121. The Morgan fingerprint density at radius 2 is 1.90 bits per heavy atom. The van der Waals surface area contributed by atoms with Crippen molar-refractivity contribution in [1.29, 1.82) is 0 Å². The number of nitrogens with one attached hydrogen (secondary N) is 2. The summed E-state index contributed by atoms with van der Waals surface area (Å²) in [5.74, 6) is -0.135. The summed E-state index contributed by atoms with van der Waals surface area (Å²) in [7, 11) is 0. The van der Waals surface area contributed by atoms with E-state index in [1.54, 1.807) is 11.4 Å². The van der Waals surface area contributed by atoms with Crippen LogP contribution in [0.5, 0.6) is 0 Å². The number of piperazine rings is 1. The molecule has 1 aromatic heterocycles. The first-order valence-corrected chi connectivity index (χ1v) is 11.2. The van der Waals surface area contributed by atoms with Crippen LogP contribution in [0.1, 0.15) is 28.8 Å². The second-order valence-electron chi connectivity index (χ2n) is 7.39. The summed E-state index contributed by atoms with van der Waals surface area (Å²) < 4.78 is 0. The molecule has 0 atom stereocenters. The highest BCUT2D eigenvalue weighted by Crippen LogP contribution is 2.17. The number of rotatable bonds is 9. The number of hydrogen-bond acceptors (Lipinski definition) is 5. The van der Waals surface area contributed by atoms with Gasteiger partial charge in [-0.3, -0.25) is 14.5 Å². The molecule has 3 rings (SSSR count). The van der Waals surface area contributed by atoms with Gasteiger partial charge in [-0.1, -0.05) is 12.1 Å². The van der Waals surface area contributed by atoms with E-state index in [2.05, 4.69) is 51.6 Å².